The van der Waals surface area contributed by atoms with Gasteiger partial charge in [-0.25, -0.2) is 9.37 Å². The molecule has 2 aromatic heterocycles. The molecule has 16 heavy (non-hydrogen) atoms. The molecule has 0 N–H and O–H groups in total. The van der Waals surface area contributed by atoms with Crippen LogP contribution in [0.5, 0.6) is 0 Å². The van der Waals surface area contributed by atoms with Crippen molar-refractivity contribution in [2.45, 2.75) is 26.8 Å². The molecule has 2 rings (SSSR count). The number of alkyl halides is 1. The first-order chi connectivity index (χ1) is 7.67. The number of hydrogen-bond acceptors (Lipinski definition) is 3. The molecule has 0 aliphatic carbocycles. The largest absolute Gasteiger partial charge is 0.294 e. The Bertz CT molecular complexity index is 573. The fraction of sp³-hybridized carbons (Fsp3) is 0.455. The Morgan fingerprint density at radius 1 is 1.56 bits per heavy atom. The van der Waals surface area contributed by atoms with Crippen LogP contribution in [0.4, 0.5) is 4.39 Å². The van der Waals surface area contributed by atoms with Crippen LogP contribution in [0, 0.1) is 6.92 Å². The molecule has 0 saturated heterocycles. The van der Waals surface area contributed by atoms with Crippen molar-refractivity contribution in [3.8, 4) is 0 Å². The van der Waals surface area contributed by atoms with Crippen molar-refractivity contribution in [2.24, 2.45) is 0 Å². The van der Waals surface area contributed by atoms with E-state index in [1.807, 2.05) is 13.0 Å². The van der Waals surface area contributed by atoms with Crippen LogP contribution in [0.2, 0.25) is 0 Å². The molecule has 0 radical (unpaired) electrons. The third kappa shape index (κ3) is 1.75. The molecular weight excluding hydrogens is 227 g/mol. The molecule has 0 aromatic carbocycles. The first-order valence-electron chi connectivity index (χ1n) is 5.23. The lowest BCUT2D eigenvalue weighted by molar-refractivity contribution is 0.435. The lowest BCUT2D eigenvalue weighted by Gasteiger charge is -2.05. The number of fused-ring (bicyclic) bond motifs is 1. The number of halogens is 1. The Morgan fingerprint density at radius 3 is 2.94 bits per heavy atom. The van der Waals surface area contributed by atoms with E-state index in [1.54, 1.807) is 6.92 Å². The van der Waals surface area contributed by atoms with Crippen LogP contribution >= 0.6 is 11.3 Å². The van der Waals surface area contributed by atoms with E-state index >= 15 is 0 Å². The zero-order chi connectivity index (χ0) is 11.7. The molecule has 86 valence electrons. The fourth-order valence-corrected chi connectivity index (χ4v) is 2.69. The van der Waals surface area contributed by atoms with E-state index in [0.29, 0.717) is 11.2 Å². The third-order valence-electron chi connectivity index (χ3n) is 2.55. The molecule has 0 bridgehead atoms. The second-order valence-corrected chi connectivity index (χ2v) is 4.71. The summed E-state index contributed by atoms with van der Waals surface area (Å²) in [6.45, 7) is 3.32. The van der Waals surface area contributed by atoms with Crippen LogP contribution in [0.3, 0.4) is 0 Å². The van der Waals surface area contributed by atoms with Crippen LogP contribution in [-0.4, -0.2) is 16.2 Å². The second kappa shape index (κ2) is 4.33. The molecule has 0 aliphatic rings. The van der Waals surface area contributed by atoms with Gasteiger partial charge in [-0.2, -0.15) is 0 Å². The summed E-state index contributed by atoms with van der Waals surface area (Å²) < 4.78 is 13.7. The zero-order valence-corrected chi connectivity index (χ0v) is 10.1. The van der Waals surface area contributed by atoms with E-state index in [-0.39, 0.29) is 12.1 Å². The summed E-state index contributed by atoms with van der Waals surface area (Å²) >= 11 is 1.53. The van der Waals surface area contributed by atoms with Crippen LogP contribution in [0.25, 0.3) is 10.2 Å². The van der Waals surface area contributed by atoms with Gasteiger partial charge in [0, 0.05) is 4.88 Å². The van der Waals surface area contributed by atoms with Crippen LogP contribution < -0.4 is 5.56 Å². The summed E-state index contributed by atoms with van der Waals surface area (Å²) in [7, 11) is 0. The van der Waals surface area contributed by atoms with Crippen LogP contribution in [0.1, 0.15) is 17.6 Å². The number of hydrogen-bond donors (Lipinski definition) is 0. The number of nitrogens with zero attached hydrogens (tertiary/aromatic N) is 2. The fourth-order valence-electron chi connectivity index (χ4n) is 1.69. The quantitative estimate of drug-likeness (QED) is 0.825. The molecule has 0 amide bonds. The highest BCUT2D eigenvalue weighted by Gasteiger charge is 2.10. The van der Waals surface area contributed by atoms with E-state index in [4.69, 9.17) is 0 Å². The molecule has 0 atom stereocenters. The Hall–Kier alpha value is -1.23. The van der Waals surface area contributed by atoms with Crippen molar-refractivity contribution in [1.29, 1.82) is 0 Å². The van der Waals surface area contributed by atoms with E-state index in [1.165, 1.54) is 15.9 Å². The Morgan fingerprint density at radius 2 is 2.31 bits per heavy atom. The van der Waals surface area contributed by atoms with Gasteiger partial charge in [0.25, 0.3) is 5.56 Å². The maximum Gasteiger partial charge on any atom is 0.262 e. The maximum absolute atomic E-state index is 12.3. The standard InChI is InChI=1S/C11H13FN2OS/c1-3-8-6-9-10(16-8)13-7(2)14(5-4-12)11(9)15/h6H,3-5H2,1-2H3. The SMILES string of the molecule is CCc1cc2c(=O)n(CCF)c(C)nc2s1. The maximum atomic E-state index is 12.3. The molecule has 2 heterocycles. The highest BCUT2D eigenvalue weighted by molar-refractivity contribution is 7.18. The summed E-state index contributed by atoms with van der Waals surface area (Å²) in [4.78, 5) is 18.3. The molecule has 0 unspecified atom stereocenters. The summed E-state index contributed by atoms with van der Waals surface area (Å²) in [5, 5.41) is 0.612. The van der Waals surface area contributed by atoms with Crippen molar-refractivity contribution in [3.05, 3.63) is 27.1 Å². The number of aryl methyl sites for hydroxylation is 2. The van der Waals surface area contributed by atoms with Gasteiger partial charge in [0.15, 0.2) is 0 Å². The summed E-state index contributed by atoms with van der Waals surface area (Å²) in [5.41, 5.74) is -0.129. The minimum atomic E-state index is -0.543. The highest BCUT2D eigenvalue weighted by Crippen LogP contribution is 2.21. The van der Waals surface area contributed by atoms with Gasteiger partial charge in [0.1, 0.15) is 17.3 Å². The number of rotatable bonds is 3. The third-order valence-corrected chi connectivity index (χ3v) is 3.72. The topological polar surface area (TPSA) is 34.9 Å². The molecule has 0 saturated carbocycles. The smallest absolute Gasteiger partial charge is 0.262 e. The first kappa shape index (κ1) is 11.3. The van der Waals surface area contributed by atoms with E-state index in [2.05, 4.69) is 4.98 Å². The monoisotopic (exact) mass is 240 g/mol. The van der Waals surface area contributed by atoms with E-state index in [0.717, 1.165) is 16.1 Å². The normalized spacial score (nSPS) is 11.2. The van der Waals surface area contributed by atoms with Crippen molar-refractivity contribution in [2.75, 3.05) is 6.67 Å². The second-order valence-electron chi connectivity index (χ2n) is 3.59. The zero-order valence-electron chi connectivity index (χ0n) is 9.29. The minimum Gasteiger partial charge on any atom is -0.294 e. The molecule has 3 nitrogen and oxygen atoms in total. The predicted molar refractivity (Wildman–Crippen MR) is 64.0 cm³/mol. The summed E-state index contributed by atoms with van der Waals surface area (Å²) in [6, 6.07) is 1.86. The lowest BCUT2D eigenvalue weighted by Crippen LogP contribution is -2.24. The molecule has 0 aliphatic heterocycles. The average Bonchev–Trinajstić information content (AvgIpc) is 2.67. The number of thiophene rings is 1. The van der Waals surface area contributed by atoms with Gasteiger partial charge in [0.2, 0.25) is 0 Å². The van der Waals surface area contributed by atoms with Crippen molar-refractivity contribution < 1.29 is 4.39 Å². The van der Waals surface area contributed by atoms with Crippen molar-refractivity contribution in [3.63, 3.8) is 0 Å². The number of aromatic nitrogens is 2. The Balaban J connectivity index is 2.71. The lowest BCUT2D eigenvalue weighted by atomic mass is 10.3. The predicted octanol–water partition coefficient (Wildman–Crippen LogP) is 2.30. The van der Waals surface area contributed by atoms with Crippen LogP contribution in [-0.2, 0) is 13.0 Å². The summed E-state index contributed by atoms with van der Waals surface area (Å²) in [5.74, 6) is 0.583. The van der Waals surface area contributed by atoms with Crippen molar-refractivity contribution in [1.82, 2.24) is 9.55 Å². The molecule has 0 spiro atoms. The minimum absolute atomic E-state index is 0.0882. The van der Waals surface area contributed by atoms with Gasteiger partial charge in [-0.1, -0.05) is 6.92 Å². The molecule has 0 fully saturated rings. The van der Waals surface area contributed by atoms with Gasteiger partial charge in [-0.05, 0) is 19.4 Å². The summed E-state index contributed by atoms with van der Waals surface area (Å²) in [6.07, 6.45) is 0.891. The van der Waals surface area contributed by atoms with E-state index < -0.39 is 6.67 Å². The Labute approximate surface area is 96.6 Å². The van der Waals surface area contributed by atoms with Crippen LogP contribution in [0.15, 0.2) is 10.9 Å². The molecule has 5 heteroatoms. The van der Waals surface area contributed by atoms with Gasteiger partial charge in [0.05, 0.1) is 11.9 Å². The first-order valence-corrected chi connectivity index (χ1v) is 6.04. The van der Waals surface area contributed by atoms with Gasteiger partial charge < -0.3 is 0 Å². The van der Waals surface area contributed by atoms with Gasteiger partial charge in [-0.3, -0.25) is 9.36 Å². The molecular formula is C11H13FN2OS. The van der Waals surface area contributed by atoms with Gasteiger partial charge in [-0.15, -0.1) is 11.3 Å². The van der Waals surface area contributed by atoms with Gasteiger partial charge >= 0.3 is 0 Å². The Kier molecular flexibility index (Phi) is 3.05. The van der Waals surface area contributed by atoms with Crippen molar-refractivity contribution >= 4 is 21.6 Å². The van der Waals surface area contributed by atoms with E-state index in [9.17, 15) is 9.18 Å². The average molecular weight is 240 g/mol. The molecule has 2 aromatic rings. The highest BCUT2D eigenvalue weighted by atomic mass is 32.1.